The monoisotopic (exact) mass is 339 g/mol. The Hall–Kier alpha value is -0.940. The molecule has 0 atom stereocenters. The second-order valence-corrected chi connectivity index (χ2v) is 11.2. The van der Waals surface area contributed by atoms with Crippen molar-refractivity contribution < 1.29 is 8.42 Å². The van der Waals surface area contributed by atoms with Gasteiger partial charge in [-0.25, -0.2) is 0 Å². The van der Waals surface area contributed by atoms with Crippen LogP contribution in [0.25, 0.3) is 0 Å². The molecule has 0 saturated carbocycles. The van der Waals surface area contributed by atoms with Gasteiger partial charge in [0.05, 0.1) is 4.90 Å². The first kappa shape index (κ1) is 17.4. The molecule has 2 rings (SSSR count). The van der Waals surface area contributed by atoms with E-state index in [9.17, 15) is 8.42 Å². The molecule has 5 heteroatoms. The van der Waals surface area contributed by atoms with E-state index in [1.165, 1.54) is 9.81 Å². The minimum Gasteiger partial charge on any atom is -0.199 e. The van der Waals surface area contributed by atoms with Gasteiger partial charge in [-0.3, -0.25) is 0 Å². The predicted molar refractivity (Wildman–Crippen MR) is 94.1 cm³/mol. The summed E-state index contributed by atoms with van der Waals surface area (Å²) in [6.45, 7) is 14.7. The van der Waals surface area contributed by atoms with Gasteiger partial charge in [0, 0.05) is 9.81 Å². The van der Waals surface area contributed by atoms with Gasteiger partial charge in [0.2, 0.25) is 0 Å². The van der Waals surface area contributed by atoms with Crippen molar-refractivity contribution in [1.29, 1.82) is 0 Å². The van der Waals surface area contributed by atoms with Gasteiger partial charge < -0.3 is 0 Å². The molecular weight excluding hydrogens is 314 g/mol. The Morgan fingerprint density at radius 3 is 1.64 bits per heavy atom. The number of benzene rings is 1. The quantitative estimate of drug-likeness (QED) is 0.776. The number of aryl methyl sites for hydroxylation is 1. The third kappa shape index (κ3) is 3.51. The highest BCUT2D eigenvalue weighted by atomic mass is 32.3. The fourth-order valence-corrected chi connectivity index (χ4v) is 6.70. The number of hydrogen-bond donors (Lipinski definition) is 0. The Kier molecular flexibility index (Phi) is 4.20. The molecule has 1 aromatic rings. The van der Waals surface area contributed by atoms with Gasteiger partial charge in [0.25, 0.3) is 10.0 Å². The summed E-state index contributed by atoms with van der Waals surface area (Å²) in [6.07, 6.45) is 0. The smallest absolute Gasteiger partial charge is 0.199 e. The van der Waals surface area contributed by atoms with Crippen LogP contribution in [0.5, 0.6) is 0 Å². The van der Waals surface area contributed by atoms with Crippen molar-refractivity contribution in [2.75, 3.05) is 0 Å². The van der Waals surface area contributed by atoms with E-state index in [0.29, 0.717) is 0 Å². The van der Waals surface area contributed by atoms with Crippen LogP contribution >= 0.6 is 0 Å². The average Bonchev–Trinajstić information content (AvgIpc) is 3.02. The van der Waals surface area contributed by atoms with Gasteiger partial charge in [-0.05, 0) is 40.6 Å². The molecule has 22 heavy (non-hydrogen) atoms. The maximum absolute atomic E-state index is 12.6. The van der Waals surface area contributed by atoms with Crippen LogP contribution in [0.15, 0.2) is 42.7 Å². The second kappa shape index (κ2) is 5.31. The van der Waals surface area contributed by atoms with E-state index in [0.717, 1.165) is 5.56 Å². The molecule has 0 spiro atoms. The summed E-state index contributed by atoms with van der Waals surface area (Å²) in [5, 5.41) is 0. The van der Waals surface area contributed by atoms with Crippen molar-refractivity contribution in [2.24, 2.45) is 14.6 Å². The molecule has 0 bridgehead atoms. The molecule has 1 aliphatic heterocycles. The van der Waals surface area contributed by atoms with Gasteiger partial charge in [0.15, 0.2) is 0 Å². The Balaban J connectivity index is 2.44. The average molecular weight is 340 g/mol. The summed E-state index contributed by atoms with van der Waals surface area (Å²) in [5.74, 6) is 0. The second-order valence-electron chi connectivity index (χ2n) is 7.81. The molecule has 3 nitrogen and oxygen atoms in total. The molecule has 0 aromatic heterocycles. The third-order valence-corrected chi connectivity index (χ3v) is 7.86. The van der Waals surface area contributed by atoms with Crippen molar-refractivity contribution in [3.8, 4) is 0 Å². The molecule has 0 aliphatic carbocycles. The lowest BCUT2D eigenvalue weighted by Crippen LogP contribution is -2.04. The van der Waals surface area contributed by atoms with Crippen molar-refractivity contribution >= 4 is 20.7 Å². The van der Waals surface area contributed by atoms with Crippen molar-refractivity contribution in [3.05, 3.63) is 39.6 Å². The Morgan fingerprint density at radius 2 is 1.27 bits per heavy atom. The zero-order valence-electron chi connectivity index (χ0n) is 14.4. The maximum Gasteiger partial charge on any atom is 0.288 e. The molecule has 1 aromatic carbocycles. The molecule has 0 fully saturated rings. The van der Waals surface area contributed by atoms with Crippen molar-refractivity contribution in [1.82, 2.24) is 0 Å². The van der Waals surface area contributed by atoms with Crippen LogP contribution in [-0.2, 0) is 20.7 Å². The molecule has 122 valence electrons. The van der Waals surface area contributed by atoms with Crippen LogP contribution in [0.4, 0.5) is 0 Å². The summed E-state index contributed by atoms with van der Waals surface area (Å²) in [6, 6.07) is 6.88. The van der Waals surface area contributed by atoms with Gasteiger partial charge >= 0.3 is 0 Å². The normalized spacial score (nSPS) is 16.9. The highest BCUT2D eigenvalue weighted by molar-refractivity contribution is 8.08. The van der Waals surface area contributed by atoms with Crippen LogP contribution in [0, 0.1) is 17.8 Å². The van der Waals surface area contributed by atoms with E-state index in [1.54, 1.807) is 24.3 Å². The fraction of sp³-hybridized carbons (Fsp3) is 0.529. The zero-order chi connectivity index (χ0) is 16.9. The molecular formula is C17H25NO2S2. The van der Waals surface area contributed by atoms with Gasteiger partial charge in [-0.2, -0.15) is 8.42 Å². The lowest BCUT2D eigenvalue weighted by atomic mass is 9.89. The van der Waals surface area contributed by atoms with Crippen LogP contribution < -0.4 is 0 Å². The van der Waals surface area contributed by atoms with E-state index >= 15 is 0 Å². The number of sulfonamides is 1. The summed E-state index contributed by atoms with van der Waals surface area (Å²) < 4.78 is 29.3. The Morgan fingerprint density at radius 1 is 0.864 bits per heavy atom. The third-order valence-electron chi connectivity index (χ3n) is 3.41. The summed E-state index contributed by atoms with van der Waals surface area (Å²) >= 11 is 0. The molecule has 0 radical (unpaired) electrons. The van der Waals surface area contributed by atoms with Crippen LogP contribution in [0.2, 0.25) is 0 Å². The van der Waals surface area contributed by atoms with E-state index in [4.69, 9.17) is 0 Å². The summed E-state index contributed by atoms with van der Waals surface area (Å²) in [4.78, 5) is 2.66. The lowest BCUT2D eigenvalue weighted by molar-refractivity contribution is 0.502. The Bertz CT molecular complexity index is 730. The fourth-order valence-electron chi connectivity index (χ4n) is 2.33. The predicted octanol–water partition coefficient (Wildman–Crippen LogP) is 4.80. The Labute approximate surface area is 137 Å². The first-order chi connectivity index (χ1) is 9.84. The number of rotatable bonds is 2. The SMILES string of the molecule is Cc1ccc(S(=O)(=O)N=S2C(C(C)(C)C)=C2C(C)(C)C)cc1. The molecule has 1 heterocycles. The largest absolute Gasteiger partial charge is 0.288 e. The van der Waals surface area contributed by atoms with E-state index in [-0.39, 0.29) is 15.7 Å². The van der Waals surface area contributed by atoms with E-state index < -0.39 is 20.7 Å². The first-order valence-electron chi connectivity index (χ1n) is 7.38. The standard InChI is InChI=1S/C17H25NO2S2/c1-12-8-10-13(11-9-12)22(19,20)18-21-14(16(2,3)4)15(21)17(5,6)7/h8-11H,1-7H3. The minimum absolute atomic E-state index is 0.0436. The molecule has 0 amide bonds. The molecule has 0 unspecified atom stereocenters. The van der Waals surface area contributed by atoms with Gasteiger partial charge in [-0.15, -0.1) is 3.77 Å². The van der Waals surface area contributed by atoms with Gasteiger partial charge in [0.1, 0.15) is 0 Å². The highest BCUT2D eigenvalue weighted by Gasteiger charge is 2.45. The lowest BCUT2D eigenvalue weighted by Gasteiger charge is -2.14. The topological polar surface area (TPSA) is 46.5 Å². The van der Waals surface area contributed by atoms with E-state index in [2.05, 4.69) is 45.3 Å². The molecule has 0 N–H and O–H groups in total. The number of allylic oxidation sites excluding steroid dienone is 2. The van der Waals surface area contributed by atoms with Gasteiger partial charge in [-0.1, -0.05) is 59.2 Å². The zero-order valence-corrected chi connectivity index (χ0v) is 16.0. The van der Waals surface area contributed by atoms with Crippen molar-refractivity contribution in [3.63, 3.8) is 0 Å². The number of nitrogens with zero attached hydrogens (tertiary/aromatic N) is 1. The van der Waals surface area contributed by atoms with Crippen LogP contribution in [0.1, 0.15) is 47.1 Å². The highest BCUT2D eigenvalue weighted by Crippen LogP contribution is 2.54. The maximum atomic E-state index is 12.6. The van der Waals surface area contributed by atoms with Crippen molar-refractivity contribution in [2.45, 2.75) is 53.4 Å². The molecule has 0 saturated heterocycles. The summed E-state index contributed by atoms with van der Waals surface area (Å²) in [5.41, 5.74) is 0.951. The van der Waals surface area contributed by atoms with Crippen LogP contribution in [-0.4, -0.2) is 8.42 Å². The summed E-state index contributed by atoms with van der Waals surface area (Å²) in [7, 11) is -4.19. The van der Waals surface area contributed by atoms with E-state index in [1.807, 2.05) is 6.92 Å². The molecule has 1 aliphatic rings. The number of hydrogen-bond acceptors (Lipinski definition) is 2. The first-order valence-corrected chi connectivity index (χ1v) is 10.0. The minimum atomic E-state index is -3.60. The van der Waals surface area contributed by atoms with Crippen LogP contribution in [0.3, 0.4) is 0 Å².